The Morgan fingerprint density at radius 2 is 1.91 bits per heavy atom. The SMILES string of the molecule is Nc1nc2c(cnn2CCN2CCc3ccc(Br)cc3CC2)c2nc(-c3ccco3)nn12. The van der Waals surface area contributed by atoms with Crippen molar-refractivity contribution >= 4 is 38.6 Å². The first-order valence-corrected chi connectivity index (χ1v) is 11.4. The van der Waals surface area contributed by atoms with E-state index in [4.69, 9.17) is 10.2 Å². The van der Waals surface area contributed by atoms with Gasteiger partial charge in [0.1, 0.15) is 0 Å². The average molecular weight is 493 g/mol. The average Bonchev–Trinajstić information content (AvgIpc) is 3.51. The van der Waals surface area contributed by atoms with Gasteiger partial charge in [0.25, 0.3) is 0 Å². The van der Waals surface area contributed by atoms with Crippen molar-refractivity contribution in [2.24, 2.45) is 0 Å². The van der Waals surface area contributed by atoms with Crippen LogP contribution in [0.2, 0.25) is 0 Å². The van der Waals surface area contributed by atoms with E-state index in [2.05, 4.69) is 59.2 Å². The fourth-order valence-electron chi connectivity index (χ4n) is 4.33. The highest BCUT2D eigenvalue weighted by molar-refractivity contribution is 9.10. The molecular formula is C22H21BrN8O. The molecule has 1 aliphatic heterocycles. The molecule has 5 heterocycles. The maximum Gasteiger partial charge on any atom is 0.225 e. The maximum atomic E-state index is 6.20. The van der Waals surface area contributed by atoms with Crippen molar-refractivity contribution in [1.29, 1.82) is 0 Å². The van der Waals surface area contributed by atoms with Crippen LogP contribution in [0.5, 0.6) is 0 Å². The second-order valence-electron chi connectivity index (χ2n) is 7.98. The van der Waals surface area contributed by atoms with Crippen molar-refractivity contribution in [1.82, 2.24) is 34.3 Å². The van der Waals surface area contributed by atoms with Crippen molar-refractivity contribution in [3.05, 3.63) is 58.4 Å². The zero-order chi connectivity index (χ0) is 21.7. The zero-order valence-electron chi connectivity index (χ0n) is 17.3. The minimum Gasteiger partial charge on any atom is -0.461 e. The third-order valence-corrected chi connectivity index (χ3v) is 6.52. The smallest absolute Gasteiger partial charge is 0.225 e. The van der Waals surface area contributed by atoms with Crippen LogP contribution in [-0.4, -0.2) is 53.9 Å². The highest BCUT2D eigenvalue weighted by Gasteiger charge is 2.19. The molecule has 1 aliphatic rings. The lowest BCUT2D eigenvalue weighted by Crippen LogP contribution is -2.30. The van der Waals surface area contributed by atoms with Crippen molar-refractivity contribution in [2.45, 2.75) is 19.4 Å². The number of hydrogen-bond acceptors (Lipinski definition) is 7. The summed E-state index contributed by atoms with van der Waals surface area (Å²) in [7, 11) is 0. The van der Waals surface area contributed by atoms with E-state index in [1.54, 1.807) is 18.5 Å². The lowest BCUT2D eigenvalue weighted by atomic mass is 10.0. The summed E-state index contributed by atoms with van der Waals surface area (Å²) < 4.78 is 10.0. The quantitative estimate of drug-likeness (QED) is 0.410. The van der Waals surface area contributed by atoms with Crippen LogP contribution in [0.25, 0.3) is 28.3 Å². The first-order chi connectivity index (χ1) is 15.7. The summed E-state index contributed by atoms with van der Waals surface area (Å²) in [6.07, 6.45) is 5.49. The molecular weight excluding hydrogens is 472 g/mol. The van der Waals surface area contributed by atoms with Gasteiger partial charge in [-0.2, -0.15) is 14.6 Å². The Morgan fingerprint density at radius 1 is 1.03 bits per heavy atom. The summed E-state index contributed by atoms with van der Waals surface area (Å²) in [5.74, 6) is 1.33. The van der Waals surface area contributed by atoms with Crippen LogP contribution in [0.15, 0.2) is 51.7 Å². The van der Waals surface area contributed by atoms with E-state index in [1.165, 1.54) is 15.6 Å². The Labute approximate surface area is 192 Å². The number of hydrogen-bond donors (Lipinski definition) is 1. The monoisotopic (exact) mass is 492 g/mol. The van der Waals surface area contributed by atoms with Gasteiger partial charge in [-0.25, -0.2) is 9.67 Å². The number of anilines is 1. The largest absolute Gasteiger partial charge is 0.461 e. The first-order valence-electron chi connectivity index (χ1n) is 10.6. The molecule has 0 atom stereocenters. The van der Waals surface area contributed by atoms with Gasteiger partial charge in [0, 0.05) is 24.1 Å². The highest BCUT2D eigenvalue weighted by Crippen LogP contribution is 2.24. The molecule has 32 heavy (non-hydrogen) atoms. The number of nitrogens with zero attached hydrogens (tertiary/aromatic N) is 7. The Morgan fingerprint density at radius 3 is 2.75 bits per heavy atom. The topological polar surface area (TPSA) is 103 Å². The third kappa shape index (κ3) is 3.35. The van der Waals surface area contributed by atoms with Crippen LogP contribution in [0.3, 0.4) is 0 Å². The second kappa shape index (κ2) is 7.72. The highest BCUT2D eigenvalue weighted by atomic mass is 79.9. The molecule has 0 aliphatic carbocycles. The van der Waals surface area contributed by atoms with Gasteiger partial charge >= 0.3 is 0 Å². The zero-order valence-corrected chi connectivity index (χ0v) is 18.9. The first kappa shape index (κ1) is 19.4. The standard InChI is InChI=1S/C22H21BrN8O/c23-16-4-3-14-5-7-29(8-6-15(14)12-16)9-10-30-20-17(13-25-30)21-26-19(18-2-1-11-32-18)28-31(21)22(24)27-20/h1-4,11-13H,5-10H2,(H2,24,27). The van der Waals surface area contributed by atoms with E-state index in [0.717, 1.165) is 54.5 Å². The molecule has 4 aromatic heterocycles. The summed E-state index contributed by atoms with van der Waals surface area (Å²) in [5.41, 5.74) is 10.4. The number of rotatable bonds is 4. The predicted octanol–water partition coefficient (Wildman–Crippen LogP) is 3.18. The van der Waals surface area contributed by atoms with E-state index in [1.807, 2.05) is 10.7 Å². The predicted molar refractivity (Wildman–Crippen MR) is 124 cm³/mol. The van der Waals surface area contributed by atoms with Crippen molar-refractivity contribution in [2.75, 3.05) is 25.4 Å². The van der Waals surface area contributed by atoms with E-state index in [0.29, 0.717) is 17.2 Å². The summed E-state index contributed by atoms with van der Waals surface area (Å²) >= 11 is 3.59. The summed E-state index contributed by atoms with van der Waals surface area (Å²) in [6, 6.07) is 10.2. The molecule has 0 fully saturated rings. The number of nitrogen functional groups attached to an aromatic ring is 1. The molecule has 5 aromatic rings. The number of aromatic nitrogens is 6. The molecule has 162 valence electrons. The fraction of sp³-hybridized carbons (Fsp3) is 0.273. The van der Waals surface area contributed by atoms with Crippen LogP contribution in [0.1, 0.15) is 11.1 Å². The third-order valence-electron chi connectivity index (χ3n) is 6.03. The molecule has 6 rings (SSSR count). The van der Waals surface area contributed by atoms with E-state index >= 15 is 0 Å². The van der Waals surface area contributed by atoms with Gasteiger partial charge in [-0.1, -0.05) is 22.0 Å². The van der Waals surface area contributed by atoms with Gasteiger partial charge in [0.05, 0.1) is 24.4 Å². The van der Waals surface area contributed by atoms with Crippen molar-refractivity contribution in [3.8, 4) is 11.6 Å². The molecule has 9 nitrogen and oxygen atoms in total. The Hall–Kier alpha value is -3.24. The summed E-state index contributed by atoms with van der Waals surface area (Å²) in [5, 5.41) is 9.84. The molecule has 1 aromatic carbocycles. The Balaban J connectivity index is 1.24. The van der Waals surface area contributed by atoms with Crippen LogP contribution in [0, 0.1) is 0 Å². The maximum absolute atomic E-state index is 6.20. The Kier molecular flexibility index (Phi) is 4.69. The van der Waals surface area contributed by atoms with Gasteiger partial charge < -0.3 is 15.1 Å². The van der Waals surface area contributed by atoms with Crippen LogP contribution < -0.4 is 5.73 Å². The normalized spacial score (nSPS) is 14.8. The molecule has 0 saturated heterocycles. The van der Waals surface area contributed by atoms with E-state index < -0.39 is 0 Å². The molecule has 0 bridgehead atoms. The summed E-state index contributed by atoms with van der Waals surface area (Å²) in [6.45, 7) is 3.68. The van der Waals surface area contributed by atoms with Crippen molar-refractivity contribution < 1.29 is 4.42 Å². The van der Waals surface area contributed by atoms with Gasteiger partial charge in [0.15, 0.2) is 17.1 Å². The lowest BCUT2D eigenvalue weighted by molar-refractivity contribution is 0.272. The second-order valence-corrected chi connectivity index (χ2v) is 8.89. The number of furan rings is 1. The number of halogens is 1. The minimum absolute atomic E-state index is 0.273. The minimum atomic E-state index is 0.273. The van der Waals surface area contributed by atoms with Gasteiger partial charge in [-0.3, -0.25) is 0 Å². The van der Waals surface area contributed by atoms with Crippen LogP contribution in [-0.2, 0) is 19.4 Å². The lowest BCUT2D eigenvalue weighted by Gasteiger charge is -2.19. The molecule has 0 radical (unpaired) electrons. The number of benzene rings is 1. The molecule has 0 unspecified atom stereocenters. The van der Waals surface area contributed by atoms with Crippen LogP contribution in [0.4, 0.5) is 5.95 Å². The van der Waals surface area contributed by atoms with E-state index in [9.17, 15) is 0 Å². The van der Waals surface area contributed by atoms with Crippen molar-refractivity contribution in [3.63, 3.8) is 0 Å². The van der Waals surface area contributed by atoms with E-state index in [-0.39, 0.29) is 5.95 Å². The number of nitrogens with two attached hydrogens (primary N) is 1. The van der Waals surface area contributed by atoms with Gasteiger partial charge in [-0.15, -0.1) is 5.10 Å². The Bertz CT molecular complexity index is 1420. The molecule has 2 N–H and O–H groups in total. The van der Waals surface area contributed by atoms with Gasteiger partial charge in [0.2, 0.25) is 11.8 Å². The molecule has 0 amide bonds. The molecule has 0 saturated carbocycles. The summed E-state index contributed by atoms with van der Waals surface area (Å²) in [4.78, 5) is 11.7. The molecule has 10 heteroatoms. The number of fused-ring (bicyclic) bond motifs is 4. The fourth-order valence-corrected chi connectivity index (χ4v) is 4.74. The van der Waals surface area contributed by atoms with Crippen LogP contribution >= 0.6 is 15.9 Å². The van der Waals surface area contributed by atoms with Gasteiger partial charge in [-0.05, 0) is 48.2 Å². The molecule has 0 spiro atoms.